The van der Waals surface area contributed by atoms with Crippen LogP contribution in [0.5, 0.6) is 0 Å². The molecule has 0 radical (unpaired) electrons. The molecule has 1 aromatic carbocycles. The second kappa shape index (κ2) is 7.43. The van der Waals surface area contributed by atoms with Crippen molar-refractivity contribution in [2.45, 2.75) is 17.3 Å². The number of nitrogens with zero attached hydrogens (tertiary/aromatic N) is 2. The summed E-state index contributed by atoms with van der Waals surface area (Å²) in [5.74, 6) is 0.305. The topological polar surface area (TPSA) is 98.6 Å². The van der Waals surface area contributed by atoms with Crippen molar-refractivity contribution < 1.29 is 4.79 Å². The van der Waals surface area contributed by atoms with Crippen molar-refractivity contribution in [1.29, 1.82) is 5.26 Å². The molecule has 22 heavy (non-hydrogen) atoms. The van der Waals surface area contributed by atoms with E-state index in [4.69, 9.17) is 5.26 Å². The van der Waals surface area contributed by atoms with E-state index in [0.717, 1.165) is 5.56 Å². The number of thioether (sulfide) groups is 1. The number of hydrogen-bond donors (Lipinski definition) is 2. The fourth-order valence-corrected chi connectivity index (χ4v) is 2.70. The van der Waals surface area contributed by atoms with E-state index in [0.29, 0.717) is 22.2 Å². The summed E-state index contributed by atoms with van der Waals surface area (Å²) in [6.07, 6.45) is 0.0583. The fraction of sp³-hybridized carbons (Fsp3) is 0.200. The van der Waals surface area contributed by atoms with E-state index in [-0.39, 0.29) is 17.9 Å². The van der Waals surface area contributed by atoms with Crippen molar-refractivity contribution in [3.8, 4) is 6.07 Å². The molecule has 2 rings (SSSR count). The van der Waals surface area contributed by atoms with E-state index in [1.165, 1.54) is 24.9 Å². The lowest BCUT2D eigenvalue weighted by molar-refractivity contribution is -0.120. The Labute approximate surface area is 131 Å². The third kappa shape index (κ3) is 4.20. The molecular weight excluding hydrogens is 300 g/mol. The van der Waals surface area contributed by atoms with Crippen LogP contribution in [0.2, 0.25) is 0 Å². The van der Waals surface area contributed by atoms with E-state index in [1.807, 2.05) is 12.1 Å². The number of benzene rings is 1. The third-order valence-corrected chi connectivity index (χ3v) is 3.82. The highest BCUT2D eigenvalue weighted by Gasteiger charge is 2.08. The van der Waals surface area contributed by atoms with Gasteiger partial charge in [0.05, 0.1) is 23.7 Å². The monoisotopic (exact) mass is 314 g/mol. The molecule has 0 aliphatic heterocycles. The molecule has 6 nitrogen and oxygen atoms in total. The molecular formula is C15H14N4O2S. The fourth-order valence-electron chi connectivity index (χ4n) is 1.80. The predicted molar refractivity (Wildman–Crippen MR) is 83.3 cm³/mol. The lowest BCUT2D eigenvalue weighted by atomic mass is 10.1. The van der Waals surface area contributed by atoms with Gasteiger partial charge in [-0.15, -0.1) is 0 Å². The Kier molecular flexibility index (Phi) is 5.33. The summed E-state index contributed by atoms with van der Waals surface area (Å²) in [6, 6.07) is 10.7. The van der Waals surface area contributed by atoms with Crippen molar-refractivity contribution >= 4 is 17.7 Å². The van der Waals surface area contributed by atoms with Crippen LogP contribution in [0, 0.1) is 11.3 Å². The van der Waals surface area contributed by atoms with Gasteiger partial charge in [-0.2, -0.15) is 5.26 Å². The lowest BCUT2D eigenvalue weighted by Crippen LogP contribution is -2.22. The maximum Gasteiger partial charge on any atom is 0.251 e. The lowest BCUT2D eigenvalue weighted by Gasteiger charge is -2.05. The first-order chi connectivity index (χ1) is 10.6. The first-order valence-electron chi connectivity index (χ1n) is 6.54. The van der Waals surface area contributed by atoms with Crippen LogP contribution in [0.1, 0.15) is 16.8 Å². The van der Waals surface area contributed by atoms with Gasteiger partial charge in [0, 0.05) is 18.9 Å². The number of hydrogen-bond acceptors (Lipinski definition) is 5. The molecule has 1 amide bonds. The summed E-state index contributed by atoms with van der Waals surface area (Å²) in [5, 5.41) is 12.0. The van der Waals surface area contributed by atoms with Crippen LogP contribution in [0.15, 0.2) is 40.3 Å². The van der Waals surface area contributed by atoms with Crippen LogP contribution in [-0.4, -0.2) is 22.9 Å². The summed E-state index contributed by atoms with van der Waals surface area (Å²) in [4.78, 5) is 29.9. The SMILES string of the molecule is CNC(=O)Cc1cc(=O)[nH]c(SCc2ccccc2C#N)n1. The normalized spacial score (nSPS) is 10.0. The Hall–Kier alpha value is -2.59. The van der Waals surface area contributed by atoms with Gasteiger partial charge in [0.1, 0.15) is 0 Å². The second-order valence-corrected chi connectivity index (χ2v) is 5.41. The van der Waals surface area contributed by atoms with Crippen LogP contribution < -0.4 is 10.9 Å². The van der Waals surface area contributed by atoms with E-state index in [2.05, 4.69) is 21.4 Å². The average Bonchev–Trinajstić information content (AvgIpc) is 2.52. The molecule has 0 spiro atoms. The first kappa shape index (κ1) is 15.8. The molecule has 0 saturated carbocycles. The summed E-state index contributed by atoms with van der Waals surface area (Å²) in [6.45, 7) is 0. The molecule has 2 aromatic rings. The van der Waals surface area contributed by atoms with E-state index < -0.39 is 0 Å². The maximum absolute atomic E-state index is 11.6. The number of H-pyrrole nitrogens is 1. The van der Waals surface area contributed by atoms with Gasteiger partial charge in [-0.25, -0.2) is 4.98 Å². The van der Waals surface area contributed by atoms with Crippen molar-refractivity contribution in [3.63, 3.8) is 0 Å². The number of amides is 1. The van der Waals surface area contributed by atoms with E-state index >= 15 is 0 Å². The zero-order valence-electron chi connectivity index (χ0n) is 11.9. The summed E-state index contributed by atoms with van der Waals surface area (Å²) in [5.41, 5.74) is 1.58. The third-order valence-electron chi connectivity index (χ3n) is 2.90. The van der Waals surface area contributed by atoms with E-state index in [9.17, 15) is 9.59 Å². The first-order valence-corrected chi connectivity index (χ1v) is 7.52. The molecule has 0 atom stereocenters. The van der Waals surface area contributed by atoms with Gasteiger partial charge < -0.3 is 10.3 Å². The Bertz CT molecular complexity index is 780. The number of carbonyl (C=O) groups excluding carboxylic acids is 1. The molecule has 0 bridgehead atoms. The predicted octanol–water partition coefficient (Wildman–Crippen LogP) is 1.22. The molecule has 0 fully saturated rings. The van der Waals surface area contributed by atoms with Crippen LogP contribution in [0.3, 0.4) is 0 Å². The largest absolute Gasteiger partial charge is 0.359 e. The standard InChI is InChI=1S/C15H14N4O2S/c1-17-13(20)6-12-7-14(21)19-15(18-12)22-9-11-5-3-2-4-10(11)8-16/h2-5,7H,6,9H2,1H3,(H,17,20)(H,18,19,21). The van der Waals surface area contributed by atoms with Gasteiger partial charge >= 0.3 is 0 Å². The second-order valence-electron chi connectivity index (χ2n) is 4.45. The zero-order chi connectivity index (χ0) is 15.9. The Morgan fingerprint density at radius 1 is 1.45 bits per heavy atom. The van der Waals surface area contributed by atoms with Gasteiger partial charge in [0.25, 0.3) is 5.56 Å². The molecule has 0 aliphatic rings. The minimum Gasteiger partial charge on any atom is -0.359 e. The minimum atomic E-state index is -0.301. The number of carbonyl (C=O) groups is 1. The van der Waals surface area contributed by atoms with Gasteiger partial charge in [-0.05, 0) is 11.6 Å². The van der Waals surface area contributed by atoms with E-state index in [1.54, 1.807) is 12.1 Å². The molecule has 0 saturated heterocycles. The quantitative estimate of drug-likeness (QED) is 0.638. The van der Waals surface area contributed by atoms with Gasteiger partial charge in [0.2, 0.25) is 5.91 Å². The van der Waals surface area contributed by atoms with Crippen molar-refractivity contribution in [3.05, 3.63) is 57.5 Å². The Balaban J connectivity index is 2.15. The van der Waals surface area contributed by atoms with Crippen molar-refractivity contribution in [2.75, 3.05) is 7.05 Å². The highest BCUT2D eigenvalue weighted by atomic mass is 32.2. The number of nitrogens with one attached hydrogen (secondary N) is 2. The summed E-state index contributed by atoms with van der Waals surface area (Å²) in [7, 11) is 1.53. The molecule has 1 heterocycles. The number of nitriles is 1. The minimum absolute atomic E-state index is 0.0583. The van der Waals surface area contributed by atoms with Gasteiger partial charge in [-0.1, -0.05) is 30.0 Å². The molecule has 0 unspecified atom stereocenters. The Morgan fingerprint density at radius 2 is 2.23 bits per heavy atom. The van der Waals surface area contributed by atoms with Crippen LogP contribution in [0.4, 0.5) is 0 Å². The number of rotatable bonds is 5. The van der Waals surface area contributed by atoms with Crippen LogP contribution >= 0.6 is 11.8 Å². The number of likely N-dealkylation sites (N-methyl/N-ethyl adjacent to an activating group) is 1. The summed E-state index contributed by atoms with van der Waals surface area (Å²) < 4.78 is 0. The summed E-state index contributed by atoms with van der Waals surface area (Å²) >= 11 is 1.32. The smallest absolute Gasteiger partial charge is 0.251 e. The highest BCUT2D eigenvalue weighted by Crippen LogP contribution is 2.20. The maximum atomic E-state index is 11.6. The number of aromatic amines is 1. The van der Waals surface area contributed by atoms with Crippen LogP contribution in [0.25, 0.3) is 0 Å². The molecule has 2 N–H and O–H groups in total. The van der Waals surface area contributed by atoms with Crippen molar-refractivity contribution in [1.82, 2.24) is 15.3 Å². The van der Waals surface area contributed by atoms with Gasteiger partial charge in [-0.3, -0.25) is 9.59 Å². The molecule has 1 aromatic heterocycles. The Morgan fingerprint density at radius 3 is 2.95 bits per heavy atom. The van der Waals surface area contributed by atoms with Gasteiger partial charge in [0.15, 0.2) is 5.16 Å². The molecule has 0 aliphatic carbocycles. The van der Waals surface area contributed by atoms with Crippen LogP contribution in [-0.2, 0) is 17.0 Å². The average molecular weight is 314 g/mol. The van der Waals surface area contributed by atoms with Crippen molar-refractivity contribution in [2.24, 2.45) is 0 Å². The zero-order valence-corrected chi connectivity index (χ0v) is 12.7. The molecule has 7 heteroatoms. The number of aromatic nitrogens is 2. The highest BCUT2D eigenvalue weighted by molar-refractivity contribution is 7.98. The molecule has 112 valence electrons.